The van der Waals surface area contributed by atoms with Crippen LogP contribution in [0.5, 0.6) is 11.5 Å². The Kier molecular flexibility index (Phi) is 3.36. The molecule has 4 nitrogen and oxygen atoms in total. The van der Waals surface area contributed by atoms with Gasteiger partial charge in [-0.15, -0.1) is 0 Å². The Morgan fingerprint density at radius 2 is 1.86 bits per heavy atom. The summed E-state index contributed by atoms with van der Waals surface area (Å²) in [5.41, 5.74) is 1.39. The minimum atomic E-state index is -0.0762. The van der Waals surface area contributed by atoms with Crippen molar-refractivity contribution in [3.63, 3.8) is 0 Å². The lowest BCUT2D eigenvalue weighted by atomic mass is 10.1. The molecule has 0 atom stereocenters. The molecule has 0 saturated carbocycles. The van der Waals surface area contributed by atoms with Crippen LogP contribution in [0.4, 0.5) is 0 Å². The third kappa shape index (κ3) is 2.74. The highest BCUT2D eigenvalue weighted by Crippen LogP contribution is 2.21. The second-order valence-corrected chi connectivity index (χ2v) is 4.78. The summed E-state index contributed by atoms with van der Waals surface area (Å²) >= 11 is 0. The van der Waals surface area contributed by atoms with Crippen molar-refractivity contribution in [3.05, 3.63) is 70.1 Å². The molecular weight excluding hydrogens is 268 g/mol. The molecule has 3 rings (SSSR count). The zero-order valence-corrected chi connectivity index (χ0v) is 11.5. The number of fused-ring (bicyclic) bond motifs is 1. The molecule has 0 spiro atoms. The average Bonchev–Trinajstić information content (AvgIpc) is 2.49. The molecule has 3 aromatic rings. The Balaban J connectivity index is 2.02. The van der Waals surface area contributed by atoms with Gasteiger partial charge < -0.3 is 14.3 Å². The van der Waals surface area contributed by atoms with E-state index >= 15 is 0 Å². The molecule has 0 aliphatic heterocycles. The first-order valence-corrected chi connectivity index (χ1v) is 6.54. The molecule has 0 unspecified atom stereocenters. The molecule has 0 amide bonds. The smallest absolute Gasteiger partial charge is 0.192 e. The number of methoxy groups -OCH3 is 1. The lowest BCUT2D eigenvalue weighted by Gasteiger charge is -2.05. The first-order chi connectivity index (χ1) is 10.2. The Morgan fingerprint density at radius 1 is 1.10 bits per heavy atom. The molecule has 0 radical (unpaired) electrons. The maximum atomic E-state index is 12.1. The van der Waals surface area contributed by atoms with Gasteiger partial charge in [-0.2, -0.15) is 0 Å². The van der Waals surface area contributed by atoms with Crippen LogP contribution in [-0.4, -0.2) is 12.2 Å². The lowest BCUT2D eigenvalue weighted by Crippen LogP contribution is -2.02. The molecule has 106 valence electrons. The second kappa shape index (κ2) is 5.32. The van der Waals surface area contributed by atoms with Gasteiger partial charge >= 0.3 is 0 Å². The molecular formula is C17H14O4. The van der Waals surface area contributed by atoms with Gasteiger partial charge in [-0.05, 0) is 29.8 Å². The molecule has 0 aliphatic rings. The fourth-order valence-corrected chi connectivity index (χ4v) is 2.21. The summed E-state index contributed by atoms with van der Waals surface area (Å²) < 4.78 is 10.9. The molecule has 1 aromatic heterocycles. The molecule has 1 heterocycles. The lowest BCUT2D eigenvalue weighted by molar-refractivity contribution is 0.414. The van der Waals surface area contributed by atoms with E-state index in [2.05, 4.69) is 0 Å². The fourth-order valence-electron chi connectivity index (χ4n) is 2.21. The Bertz CT molecular complexity index is 832. The topological polar surface area (TPSA) is 59.7 Å². The van der Waals surface area contributed by atoms with Crippen LogP contribution in [-0.2, 0) is 6.42 Å². The average molecular weight is 282 g/mol. The minimum absolute atomic E-state index is 0.0762. The van der Waals surface area contributed by atoms with Gasteiger partial charge in [-0.3, -0.25) is 4.79 Å². The summed E-state index contributed by atoms with van der Waals surface area (Å²) in [4.78, 5) is 12.1. The molecule has 21 heavy (non-hydrogen) atoms. The van der Waals surface area contributed by atoms with Crippen molar-refractivity contribution >= 4 is 11.0 Å². The molecule has 1 N–H and O–H groups in total. The molecule has 2 aromatic carbocycles. The number of phenols is 1. The van der Waals surface area contributed by atoms with Crippen LogP contribution >= 0.6 is 0 Å². The minimum Gasteiger partial charge on any atom is -0.508 e. The predicted octanol–water partition coefficient (Wildman–Crippen LogP) is 3.10. The monoisotopic (exact) mass is 282 g/mol. The number of aromatic hydroxyl groups is 1. The summed E-state index contributed by atoms with van der Waals surface area (Å²) in [7, 11) is 1.57. The number of ether oxygens (including phenoxy) is 1. The fraction of sp³-hybridized carbons (Fsp3) is 0.118. The summed E-state index contributed by atoms with van der Waals surface area (Å²) in [5.74, 6) is 1.43. The highest BCUT2D eigenvalue weighted by atomic mass is 16.5. The molecule has 0 bridgehead atoms. The van der Waals surface area contributed by atoms with E-state index in [1.807, 2.05) is 0 Å². The van der Waals surface area contributed by atoms with Crippen LogP contribution in [0.15, 0.2) is 57.7 Å². The van der Waals surface area contributed by atoms with Gasteiger partial charge in [0.2, 0.25) is 0 Å². The van der Waals surface area contributed by atoms with E-state index in [0.29, 0.717) is 28.9 Å². The van der Waals surface area contributed by atoms with Crippen molar-refractivity contribution < 1.29 is 14.3 Å². The SMILES string of the molecule is COc1ccc2c(=O)cc(Cc3ccc(O)cc3)oc2c1. The van der Waals surface area contributed by atoms with E-state index in [1.54, 1.807) is 49.6 Å². The number of benzene rings is 2. The van der Waals surface area contributed by atoms with Gasteiger partial charge in [0.25, 0.3) is 0 Å². The van der Waals surface area contributed by atoms with Crippen LogP contribution in [0.2, 0.25) is 0 Å². The van der Waals surface area contributed by atoms with Crippen molar-refractivity contribution in [1.29, 1.82) is 0 Å². The molecule has 0 saturated heterocycles. The Labute approximate surface area is 121 Å². The van der Waals surface area contributed by atoms with Gasteiger partial charge in [0.1, 0.15) is 22.8 Å². The van der Waals surface area contributed by atoms with E-state index in [9.17, 15) is 9.90 Å². The van der Waals surface area contributed by atoms with E-state index in [-0.39, 0.29) is 11.2 Å². The van der Waals surface area contributed by atoms with Gasteiger partial charge in [0, 0.05) is 18.6 Å². The van der Waals surface area contributed by atoms with Gasteiger partial charge in [-0.1, -0.05) is 12.1 Å². The van der Waals surface area contributed by atoms with E-state index in [0.717, 1.165) is 5.56 Å². The standard InChI is InChI=1S/C17H14O4/c1-20-13-6-7-15-16(19)9-14(21-17(15)10-13)8-11-2-4-12(18)5-3-11/h2-7,9-10,18H,8H2,1H3. The number of hydrogen-bond donors (Lipinski definition) is 1. The van der Waals surface area contributed by atoms with Gasteiger partial charge in [-0.25, -0.2) is 0 Å². The summed E-state index contributed by atoms with van der Waals surface area (Å²) in [6, 6.07) is 13.5. The van der Waals surface area contributed by atoms with Crippen molar-refractivity contribution in [2.45, 2.75) is 6.42 Å². The zero-order chi connectivity index (χ0) is 14.8. The first kappa shape index (κ1) is 13.2. The predicted molar refractivity (Wildman–Crippen MR) is 79.9 cm³/mol. The largest absolute Gasteiger partial charge is 0.508 e. The summed E-state index contributed by atoms with van der Waals surface area (Å²) in [6.07, 6.45) is 0.489. The third-order valence-corrected chi connectivity index (χ3v) is 3.30. The highest BCUT2D eigenvalue weighted by Gasteiger charge is 2.07. The number of phenolic OH excluding ortho intramolecular Hbond substituents is 1. The summed E-state index contributed by atoms with van der Waals surface area (Å²) in [5, 5.41) is 9.81. The van der Waals surface area contributed by atoms with E-state index < -0.39 is 0 Å². The van der Waals surface area contributed by atoms with Crippen LogP contribution in [0.25, 0.3) is 11.0 Å². The quantitative estimate of drug-likeness (QED) is 0.802. The Morgan fingerprint density at radius 3 is 2.57 bits per heavy atom. The van der Waals surface area contributed by atoms with Crippen molar-refractivity contribution in [2.75, 3.05) is 7.11 Å². The van der Waals surface area contributed by atoms with Gasteiger partial charge in [0.15, 0.2) is 5.43 Å². The number of hydrogen-bond acceptors (Lipinski definition) is 4. The second-order valence-electron chi connectivity index (χ2n) is 4.78. The highest BCUT2D eigenvalue weighted by molar-refractivity contribution is 5.78. The van der Waals surface area contributed by atoms with Crippen molar-refractivity contribution in [3.8, 4) is 11.5 Å². The molecule has 4 heteroatoms. The van der Waals surface area contributed by atoms with Crippen molar-refractivity contribution in [1.82, 2.24) is 0 Å². The summed E-state index contributed by atoms with van der Waals surface area (Å²) in [6.45, 7) is 0. The zero-order valence-electron chi connectivity index (χ0n) is 11.5. The van der Waals surface area contributed by atoms with E-state index in [4.69, 9.17) is 9.15 Å². The van der Waals surface area contributed by atoms with Crippen molar-refractivity contribution in [2.24, 2.45) is 0 Å². The maximum absolute atomic E-state index is 12.1. The normalized spacial score (nSPS) is 10.7. The third-order valence-electron chi connectivity index (χ3n) is 3.30. The van der Waals surface area contributed by atoms with Gasteiger partial charge in [0.05, 0.1) is 12.5 Å². The van der Waals surface area contributed by atoms with E-state index in [1.165, 1.54) is 6.07 Å². The van der Waals surface area contributed by atoms with Crippen LogP contribution in [0.3, 0.4) is 0 Å². The molecule has 0 aliphatic carbocycles. The Hall–Kier alpha value is -2.75. The van der Waals surface area contributed by atoms with Crippen LogP contribution in [0, 0.1) is 0 Å². The maximum Gasteiger partial charge on any atom is 0.192 e. The first-order valence-electron chi connectivity index (χ1n) is 6.54. The van der Waals surface area contributed by atoms with Crippen LogP contribution in [0.1, 0.15) is 11.3 Å². The molecule has 0 fully saturated rings. The number of rotatable bonds is 3. The van der Waals surface area contributed by atoms with Crippen LogP contribution < -0.4 is 10.2 Å².